The van der Waals surface area contributed by atoms with E-state index >= 15 is 0 Å². The van der Waals surface area contributed by atoms with Crippen molar-refractivity contribution in [2.45, 2.75) is 25.8 Å². The molecule has 1 heterocycles. The molecule has 6 heteroatoms. The first-order chi connectivity index (χ1) is 8.15. The number of nitrogens with zero attached hydrogens (tertiary/aromatic N) is 1. The van der Waals surface area contributed by atoms with E-state index in [1.54, 1.807) is 28.4 Å². The fraction of sp³-hybridized carbons (Fsp3) is 0.818. The minimum Gasteiger partial charge on any atom is -0.481 e. The van der Waals surface area contributed by atoms with Crippen molar-refractivity contribution in [2.75, 3.05) is 29.6 Å². The Balaban J connectivity index is 2.45. The van der Waals surface area contributed by atoms with Gasteiger partial charge in [-0.1, -0.05) is 6.92 Å². The van der Waals surface area contributed by atoms with Crippen molar-refractivity contribution in [2.24, 2.45) is 0 Å². The molecule has 0 aromatic carbocycles. The van der Waals surface area contributed by atoms with Crippen molar-refractivity contribution >= 4 is 35.4 Å². The molecule has 4 nitrogen and oxygen atoms in total. The third-order valence-electron chi connectivity index (χ3n) is 2.53. The molecule has 1 aliphatic rings. The topological polar surface area (TPSA) is 57.6 Å². The van der Waals surface area contributed by atoms with Gasteiger partial charge in [0.2, 0.25) is 5.91 Å². The number of thioether (sulfide) groups is 2. The van der Waals surface area contributed by atoms with Gasteiger partial charge in [0.15, 0.2) is 0 Å². The van der Waals surface area contributed by atoms with Crippen LogP contribution in [0.4, 0.5) is 0 Å². The molecule has 1 amide bonds. The van der Waals surface area contributed by atoms with Gasteiger partial charge in [0.05, 0.1) is 18.2 Å². The Kier molecular flexibility index (Phi) is 6.80. The number of hydrogen-bond donors (Lipinski definition) is 1. The van der Waals surface area contributed by atoms with Gasteiger partial charge in [-0.05, 0) is 12.2 Å². The van der Waals surface area contributed by atoms with Crippen LogP contribution in [0.3, 0.4) is 0 Å². The number of carboxylic acids is 1. The fourth-order valence-corrected chi connectivity index (χ4v) is 3.58. The number of carboxylic acid groups (broad SMARTS) is 1. The monoisotopic (exact) mass is 277 g/mol. The smallest absolute Gasteiger partial charge is 0.305 e. The van der Waals surface area contributed by atoms with Gasteiger partial charge < -0.3 is 10.0 Å². The first-order valence-electron chi connectivity index (χ1n) is 5.82. The van der Waals surface area contributed by atoms with E-state index in [0.717, 1.165) is 23.7 Å². The first kappa shape index (κ1) is 14.7. The molecule has 1 fully saturated rings. The highest BCUT2D eigenvalue weighted by molar-refractivity contribution is 8.00. The van der Waals surface area contributed by atoms with E-state index in [9.17, 15) is 9.59 Å². The number of rotatable bonds is 6. The van der Waals surface area contributed by atoms with Gasteiger partial charge in [0.25, 0.3) is 0 Å². The van der Waals surface area contributed by atoms with E-state index in [1.807, 2.05) is 0 Å². The summed E-state index contributed by atoms with van der Waals surface area (Å²) in [6.07, 6.45) is 1.13. The molecular formula is C11H19NO3S2. The Labute approximate surface area is 111 Å². The molecule has 0 bridgehead atoms. The molecule has 0 aromatic rings. The predicted octanol–water partition coefficient (Wildman–Crippen LogP) is 1.55. The number of amides is 1. The maximum Gasteiger partial charge on any atom is 0.305 e. The largest absolute Gasteiger partial charge is 0.481 e. The van der Waals surface area contributed by atoms with Crippen LogP contribution in [0.25, 0.3) is 0 Å². The summed E-state index contributed by atoms with van der Waals surface area (Å²) in [5.41, 5.74) is 0. The molecular weight excluding hydrogens is 258 g/mol. The van der Waals surface area contributed by atoms with Crippen molar-refractivity contribution < 1.29 is 14.7 Å². The second-order valence-electron chi connectivity index (χ2n) is 3.97. The summed E-state index contributed by atoms with van der Waals surface area (Å²) < 4.78 is 0. The number of carbonyl (C=O) groups excluding carboxylic acids is 1. The highest BCUT2D eigenvalue weighted by atomic mass is 32.2. The number of hydrogen-bond acceptors (Lipinski definition) is 4. The first-order valence-corrected chi connectivity index (χ1v) is 8.12. The van der Waals surface area contributed by atoms with E-state index in [4.69, 9.17) is 5.11 Å². The van der Waals surface area contributed by atoms with Crippen LogP contribution < -0.4 is 0 Å². The van der Waals surface area contributed by atoms with Gasteiger partial charge in [-0.2, -0.15) is 23.5 Å². The van der Waals surface area contributed by atoms with Gasteiger partial charge in [-0.3, -0.25) is 9.59 Å². The summed E-state index contributed by atoms with van der Waals surface area (Å²) in [6.45, 7) is 2.77. The average molecular weight is 277 g/mol. The zero-order valence-electron chi connectivity index (χ0n) is 10.1. The van der Waals surface area contributed by atoms with Crippen molar-refractivity contribution in [3.05, 3.63) is 0 Å². The van der Waals surface area contributed by atoms with Crippen LogP contribution in [-0.4, -0.2) is 57.5 Å². The summed E-state index contributed by atoms with van der Waals surface area (Å²) in [5.74, 6) is 2.40. The third-order valence-corrected chi connectivity index (χ3v) is 4.77. The Bertz CT molecular complexity index is 273. The van der Waals surface area contributed by atoms with Crippen LogP contribution in [0.5, 0.6) is 0 Å². The fourth-order valence-electron chi connectivity index (χ4n) is 1.74. The second kappa shape index (κ2) is 7.87. The van der Waals surface area contributed by atoms with Gasteiger partial charge in [-0.25, -0.2) is 0 Å². The van der Waals surface area contributed by atoms with Gasteiger partial charge >= 0.3 is 5.97 Å². The van der Waals surface area contributed by atoms with E-state index in [0.29, 0.717) is 12.3 Å². The maximum atomic E-state index is 12.0. The molecule has 17 heavy (non-hydrogen) atoms. The van der Waals surface area contributed by atoms with E-state index in [2.05, 4.69) is 6.92 Å². The Morgan fingerprint density at radius 2 is 2.29 bits per heavy atom. The molecule has 98 valence electrons. The zero-order valence-corrected chi connectivity index (χ0v) is 11.7. The van der Waals surface area contributed by atoms with Gasteiger partial charge in [0.1, 0.15) is 0 Å². The Morgan fingerprint density at radius 1 is 1.53 bits per heavy atom. The van der Waals surface area contributed by atoms with Crippen molar-refractivity contribution in [3.63, 3.8) is 0 Å². The van der Waals surface area contributed by atoms with Crippen LogP contribution in [0.1, 0.15) is 19.8 Å². The maximum absolute atomic E-state index is 12.0. The van der Waals surface area contributed by atoms with Crippen LogP contribution >= 0.6 is 23.5 Å². The van der Waals surface area contributed by atoms with Crippen molar-refractivity contribution in [1.29, 1.82) is 0 Å². The molecule has 1 unspecified atom stereocenters. The molecule has 1 rings (SSSR count). The van der Waals surface area contributed by atoms with Crippen LogP contribution in [0.2, 0.25) is 0 Å². The highest BCUT2D eigenvalue weighted by Crippen LogP contribution is 2.20. The quantitative estimate of drug-likeness (QED) is 0.747. The summed E-state index contributed by atoms with van der Waals surface area (Å²) >= 11 is 3.36. The molecule has 1 aliphatic heterocycles. The summed E-state index contributed by atoms with van der Waals surface area (Å²) in [7, 11) is 0. The molecule has 0 saturated carbocycles. The normalized spacial score (nSPS) is 20.3. The van der Waals surface area contributed by atoms with E-state index in [1.165, 1.54) is 0 Å². The van der Waals surface area contributed by atoms with Crippen molar-refractivity contribution in [1.82, 2.24) is 4.90 Å². The minimum atomic E-state index is -0.823. The summed E-state index contributed by atoms with van der Waals surface area (Å²) in [4.78, 5) is 24.5. The molecule has 1 N–H and O–H groups in total. The highest BCUT2D eigenvalue weighted by Gasteiger charge is 2.28. The van der Waals surface area contributed by atoms with Crippen molar-refractivity contribution in [3.8, 4) is 0 Å². The molecule has 0 aliphatic carbocycles. The third kappa shape index (κ3) is 5.21. The minimum absolute atomic E-state index is 0.0667. The number of aliphatic carboxylic acids is 1. The molecule has 1 atom stereocenters. The SMILES string of the molecule is CCCSCC(=O)N1CCSCC1CC(=O)O. The lowest BCUT2D eigenvalue weighted by molar-refractivity contribution is -0.139. The molecule has 0 aromatic heterocycles. The number of carbonyl (C=O) groups is 2. The van der Waals surface area contributed by atoms with E-state index in [-0.39, 0.29) is 18.4 Å². The Hall–Kier alpha value is -0.360. The lowest BCUT2D eigenvalue weighted by Gasteiger charge is -2.34. The van der Waals surface area contributed by atoms with Gasteiger partial charge in [0, 0.05) is 18.1 Å². The zero-order chi connectivity index (χ0) is 12.7. The standard InChI is InChI=1S/C11H19NO3S2/c1-2-4-16-8-10(13)12-3-5-17-7-9(12)6-11(14)15/h9H,2-8H2,1H3,(H,14,15). The van der Waals surface area contributed by atoms with Crippen LogP contribution in [0.15, 0.2) is 0 Å². The average Bonchev–Trinajstić information content (AvgIpc) is 2.29. The van der Waals surface area contributed by atoms with Gasteiger partial charge in [-0.15, -0.1) is 0 Å². The predicted molar refractivity (Wildman–Crippen MR) is 72.7 cm³/mol. The molecule has 1 saturated heterocycles. The summed E-state index contributed by atoms with van der Waals surface area (Å²) in [6, 6.07) is -0.124. The second-order valence-corrected chi connectivity index (χ2v) is 6.22. The van der Waals surface area contributed by atoms with Crippen LogP contribution in [0, 0.1) is 0 Å². The molecule has 0 spiro atoms. The van der Waals surface area contributed by atoms with Crippen LogP contribution in [-0.2, 0) is 9.59 Å². The Morgan fingerprint density at radius 3 is 2.94 bits per heavy atom. The lowest BCUT2D eigenvalue weighted by Crippen LogP contribution is -2.47. The molecule has 0 radical (unpaired) electrons. The van der Waals surface area contributed by atoms with E-state index < -0.39 is 5.97 Å². The lowest BCUT2D eigenvalue weighted by atomic mass is 10.2. The summed E-state index contributed by atoms with van der Waals surface area (Å²) in [5, 5.41) is 8.83.